The number of aromatic nitrogens is 2. The van der Waals surface area contributed by atoms with Gasteiger partial charge in [0.05, 0.1) is 18.8 Å². The molecule has 22 heavy (non-hydrogen) atoms. The van der Waals surface area contributed by atoms with E-state index < -0.39 is 0 Å². The molecule has 1 aromatic rings. The van der Waals surface area contributed by atoms with Crippen LogP contribution in [-0.4, -0.2) is 74.0 Å². The van der Waals surface area contributed by atoms with Crippen molar-refractivity contribution in [3.8, 4) is 0 Å². The fraction of sp³-hybridized carbons (Fsp3) is 0.667. The van der Waals surface area contributed by atoms with Crippen LogP contribution in [0.1, 0.15) is 11.3 Å². The first kappa shape index (κ1) is 16.6. The van der Waals surface area contributed by atoms with Crippen LogP contribution in [0.25, 0.3) is 0 Å². The molecule has 2 heterocycles. The van der Waals surface area contributed by atoms with Crippen molar-refractivity contribution in [2.45, 2.75) is 13.8 Å². The highest BCUT2D eigenvalue weighted by Gasteiger charge is 2.20. The molecule has 1 aromatic heterocycles. The number of nitrogens with zero attached hydrogens (tertiary/aromatic N) is 4. The van der Waals surface area contributed by atoms with Gasteiger partial charge in [0.25, 0.3) is 0 Å². The van der Waals surface area contributed by atoms with Gasteiger partial charge >= 0.3 is 0 Å². The Hall–Kier alpha value is -1.73. The number of piperazine rings is 1. The highest BCUT2D eigenvalue weighted by Crippen LogP contribution is 2.15. The first-order valence-electron chi connectivity index (χ1n) is 7.64. The lowest BCUT2D eigenvalue weighted by atomic mass is 10.2. The van der Waals surface area contributed by atoms with Crippen molar-refractivity contribution >= 4 is 11.7 Å². The molecule has 0 atom stereocenters. The van der Waals surface area contributed by atoms with E-state index in [1.165, 1.54) is 0 Å². The van der Waals surface area contributed by atoms with E-state index in [0.717, 1.165) is 43.3 Å². The van der Waals surface area contributed by atoms with Crippen molar-refractivity contribution in [2.24, 2.45) is 0 Å². The minimum Gasteiger partial charge on any atom is -0.383 e. The van der Waals surface area contributed by atoms with E-state index in [0.29, 0.717) is 19.7 Å². The minimum atomic E-state index is 0.0523. The summed E-state index contributed by atoms with van der Waals surface area (Å²) >= 11 is 0. The van der Waals surface area contributed by atoms with Crippen LogP contribution in [0.2, 0.25) is 0 Å². The van der Waals surface area contributed by atoms with Crippen LogP contribution in [0.15, 0.2) is 6.07 Å². The smallest absolute Gasteiger partial charge is 0.234 e. The van der Waals surface area contributed by atoms with Crippen LogP contribution in [0, 0.1) is 13.8 Å². The molecule has 0 bridgehead atoms. The number of hydrogen-bond donors (Lipinski definition) is 1. The summed E-state index contributed by atoms with van der Waals surface area (Å²) in [4.78, 5) is 16.2. The number of anilines is 1. The van der Waals surface area contributed by atoms with E-state index in [2.05, 4.69) is 31.4 Å². The lowest BCUT2D eigenvalue weighted by Gasteiger charge is -2.34. The Balaban J connectivity index is 1.77. The number of carbonyl (C=O) groups is 1. The second-order valence-corrected chi connectivity index (χ2v) is 5.58. The molecule has 7 heteroatoms. The van der Waals surface area contributed by atoms with Crippen LogP contribution in [0.3, 0.4) is 0 Å². The summed E-state index contributed by atoms with van der Waals surface area (Å²) in [6, 6.07) is 2.08. The van der Waals surface area contributed by atoms with Gasteiger partial charge < -0.3 is 15.0 Å². The van der Waals surface area contributed by atoms with Gasteiger partial charge in [-0.25, -0.2) is 0 Å². The van der Waals surface area contributed by atoms with Crippen molar-refractivity contribution in [1.29, 1.82) is 0 Å². The Morgan fingerprint density at radius 1 is 1.27 bits per heavy atom. The third-order valence-electron chi connectivity index (χ3n) is 3.91. The summed E-state index contributed by atoms with van der Waals surface area (Å²) < 4.78 is 4.92. The second-order valence-electron chi connectivity index (χ2n) is 5.58. The Kier molecular flexibility index (Phi) is 6.09. The molecule has 0 spiro atoms. The fourth-order valence-electron chi connectivity index (χ4n) is 2.37. The maximum absolute atomic E-state index is 11.8. The number of hydrogen-bond acceptors (Lipinski definition) is 6. The summed E-state index contributed by atoms with van der Waals surface area (Å²) in [5.74, 6) is 0.976. The lowest BCUT2D eigenvalue weighted by molar-refractivity contribution is -0.122. The molecular weight excluding hydrogens is 282 g/mol. The van der Waals surface area contributed by atoms with E-state index in [1.54, 1.807) is 7.11 Å². The number of aryl methyl sites for hydroxylation is 2. The van der Waals surface area contributed by atoms with E-state index in [9.17, 15) is 4.79 Å². The molecule has 0 aromatic carbocycles. The molecule has 1 amide bonds. The van der Waals surface area contributed by atoms with Gasteiger partial charge in [0.2, 0.25) is 5.91 Å². The van der Waals surface area contributed by atoms with Gasteiger partial charge in [0, 0.05) is 39.8 Å². The molecule has 1 aliphatic rings. The predicted molar refractivity (Wildman–Crippen MR) is 85.0 cm³/mol. The Labute approximate surface area is 131 Å². The van der Waals surface area contributed by atoms with Crippen LogP contribution in [-0.2, 0) is 9.53 Å². The molecule has 1 fully saturated rings. The lowest BCUT2D eigenvalue weighted by Crippen LogP contribution is -2.50. The summed E-state index contributed by atoms with van der Waals surface area (Å²) in [7, 11) is 1.63. The summed E-state index contributed by atoms with van der Waals surface area (Å²) in [5, 5.41) is 11.3. The van der Waals surface area contributed by atoms with Crippen LogP contribution < -0.4 is 10.2 Å². The van der Waals surface area contributed by atoms with Crippen molar-refractivity contribution < 1.29 is 9.53 Å². The second kappa shape index (κ2) is 8.05. The van der Waals surface area contributed by atoms with Gasteiger partial charge in [-0.15, -0.1) is 5.10 Å². The third-order valence-corrected chi connectivity index (χ3v) is 3.91. The number of amides is 1. The summed E-state index contributed by atoms with van der Waals surface area (Å²) in [5.41, 5.74) is 2.13. The molecule has 1 saturated heterocycles. The van der Waals surface area contributed by atoms with E-state index in [1.807, 2.05) is 13.8 Å². The summed E-state index contributed by atoms with van der Waals surface area (Å²) in [6.45, 7) is 9.00. The number of rotatable bonds is 6. The molecule has 7 nitrogen and oxygen atoms in total. The molecule has 0 saturated carbocycles. The number of nitrogens with one attached hydrogen (secondary N) is 1. The first-order chi connectivity index (χ1) is 10.6. The predicted octanol–water partition coefficient (Wildman–Crippen LogP) is -0.0220. The molecule has 1 aliphatic heterocycles. The third kappa shape index (κ3) is 4.64. The minimum absolute atomic E-state index is 0.0523. The van der Waals surface area contributed by atoms with Gasteiger partial charge in [-0.3, -0.25) is 9.69 Å². The SMILES string of the molecule is COCCNC(=O)CN1CCN(c2cc(C)c(C)nn2)CC1. The maximum atomic E-state index is 11.8. The zero-order valence-electron chi connectivity index (χ0n) is 13.6. The molecule has 0 radical (unpaired) electrons. The Morgan fingerprint density at radius 2 is 2.00 bits per heavy atom. The highest BCUT2D eigenvalue weighted by molar-refractivity contribution is 5.78. The first-order valence-corrected chi connectivity index (χ1v) is 7.64. The van der Waals surface area contributed by atoms with Gasteiger partial charge in [0.15, 0.2) is 5.82 Å². The fourth-order valence-corrected chi connectivity index (χ4v) is 2.37. The number of ether oxygens (including phenoxy) is 1. The Bertz CT molecular complexity index is 501. The maximum Gasteiger partial charge on any atom is 0.234 e. The molecule has 0 aliphatic carbocycles. The van der Waals surface area contributed by atoms with Crippen molar-refractivity contribution in [1.82, 2.24) is 20.4 Å². The van der Waals surface area contributed by atoms with Gasteiger partial charge in [-0.05, 0) is 25.5 Å². The van der Waals surface area contributed by atoms with Crippen LogP contribution in [0.5, 0.6) is 0 Å². The van der Waals surface area contributed by atoms with Crippen LogP contribution >= 0.6 is 0 Å². The molecule has 1 N–H and O–H groups in total. The Morgan fingerprint density at radius 3 is 2.64 bits per heavy atom. The van der Waals surface area contributed by atoms with Gasteiger partial charge in [0.1, 0.15) is 0 Å². The highest BCUT2D eigenvalue weighted by atomic mass is 16.5. The van der Waals surface area contributed by atoms with E-state index in [-0.39, 0.29) is 5.91 Å². The average Bonchev–Trinajstić information content (AvgIpc) is 2.51. The van der Waals surface area contributed by atoms with Crippen molar-refractivity contribution in [2.75, 3.05) is 57.9 Å². The topological polar surface area (TPSA) is 70.6 Å². The number of methoxy groups -OCH3 is 1. The van der Waals surface area contributed by atoms with Gasteiger partial charge in [-0.2, -0.15) is 5.10 Å². The standard InChI is InChI=1S/C15H25N5O2/c1-12-10-14(18-17-13(12)2)20-7-5-19(6-8-20)11-15(21)16-4-9-22-3/h10H,4-9,11H2,1-3H3,(H,16,21). The molecule has 0 unspecified atom stereocenters. The zero-order chi connectivity index (χ0) is 15.9. The van der Waals surface area contributed by atoms with Crippen molar-refractivity contribution in [3.63, 3.8) is 0 Å². The van der Waals surface area contributed by atoms with E-state index in [4.69, 9.17) is 4.74 Å². The van der Waals surface area contributed by atoms with Crippen LogP contribution in [0.4, 0.5) is 5.82 Å². The monoisotopic (exact) mass is 307 g/mol. The summed E-state index contributed by atoms with van der Waals surface area (Å²) in [6.07, 6.45) is 0. The quantitative estimate of drug-likeness (QED) is 0.745. The number of carbonyl (C=O) groups excluding carboxylic acids is 1. The molecular formula is C15H25N5O2. The largest absolute Gasteiger partial charge is 0.383 e. The van der Waals surface area contributed by atoms with Crippen molar-refractivity contribution in [3.05, 3.63) is 17.3 Å². The molecule has 122 valence electrons. The van der Waals surface area contributed by atoms with E-state index >= 15 is 0 Å². The molecule has 2 rings (SSSR count). The normalized spacial score (nSPS) is 15.9. The zero-order valence-corrected chi connectivity index (χ0v) is 13.6. The van der Waals surface area contributed by atoms with Gasteiger partial charge in [-0.1, -0.05) is 0 Å². The average molecular weight is 307 g/mol.